The van der Waals surface area contributed by atoms with E-state index in [4.69, 9.17) is 4.52 Å². The molecule has 0 radical (unpaired) electrons. The van der Waals surface area contributed by atoms with Crippen LogP contribution in [0.25, 0.3) is 11.5 Å². The number of hydrogen-bond acceptors (Lipinski definition) is 5. The normalized spacial score (nSPS) is 22.2. The molecule has 1 fully saturated rings. The third kappa shape index (κ3) is 2.72. The van der Waals surface area contributed by atoms with E-state index in [9.17, 15) is 0 Å². The summed E-state index contributed by atoms with van der Waals surface area (Å²) in [4.78, 5) is 8.80. The standard InChI is InChI=1S/C15H20N4O/c1-2-9-16-12-8-5-6-11(12)15-18-14(19-20-15)13-7-3-4-10-17-13/h3-4,7,10-12,16H,2,5-6,8-9H2,1H3. The van der Waals surface area contributed by atoms with Crippen molar-refractivity contribution in [3.05, 3.63) is 30.3 Å². The Morgan fingerprint density at radius 3 is 3.10 bits per heavy atom. The van der Waals surface area contributed by atoms with Gasteiger partial charge in [-0.15, -0.1) is 0 Å². The van der Waals surface area contributed by atoms with Crippen LogP contribution in [0.5, 0.6) is 0 Å². The summed E-state index contributed by atoms with van der Waals surface area (Å²) >= 11 is 0. The third-order valence-corrected chi connectivity index (χ3v) is 3.83. The van der Waals surface area contributed by atoms with E-state index in [0.717, 1.165) is 31.0 Å². The topological polar surface area (TPSA) is 63.8 Å². The van der Waals surface area contributed by atoms with Crippen LogP contribution in [0, 0.1) is 0 Å². The van der Waals surface area contributed by atoms with Crippen molar-refractivity contribution in [2.75, 3.05) is 6.54 Å². The Hall–Kier alpha value is -1.75. The van der Waals surface area contributed by atoms with Gasteiger partial charge in [0.1, 0.15) is 5.69 Å². The Morgan fingerprint density at radius 1 is 1.35 bits per heavy atom. The summed E-state index contributed by atoms with van der Waals surface area (Å²) in [6, 6.07) is 6.17. The number of nitrogens with zero attached hydrogens (tertiary/aromatic N) is 3. The number of rotatable bonds is 5. The maximum atomic E-state index is 5.47. The average molecular weight is 272 g/mol. The summed E-state index contributed by atoms with van der Waals surface area (Å²) in [5, 5.41) is 7.65. The molecule has 3 rings (SSSR count). The highest BCUT2D eigenvalue weighted by Gasteiger charge is 2.32. The first kappa shape index (κ1) is 13.2. The van der Waals surface area contributed by atoms with Crippen molar-refractivity contribution in [2.24, 2.45) is 0 Å². The van der Waals surface area contributed by atoms with Crippen molar-refractivity contribution in [1.29, 1.82) is 0 Å². The molecule has 0 saturated heterocycles. The Morgan fingerprint density at radius 2 is 2.30 bits per heavy atom. The number of pyridine rings is 1. The summed E-state index contributed by atoms with van der Waals surface area (Å²) < 4.78 is 5.47. The molecule has 0 bridgehead atoms. The van der Waals surface area contributed by atoms with Gasteiger partial charge in [0.25, 0.3) is 0 Å². The number of nitrogens with one attached hydrogen (secondary N) is 1. The summed E-state index contributed by atoms with van der Waals surface area (Å²) in [5.74, 6) is 1.67. The summed E-state index contributed by atoms with van der Waals surface area (Å²) in [6.07, 6.45) is 6.41. The largest absolute Gasteiger partial charge is 0.339 e. The van der Waals surface area contributed by atoms with Crippen LogP contribution in [0.4, 0.5) is 0 Å². The van der Waals surface area contributed by atoms with Crippen LogP contribution in [0.3, 0.4) is 0 Å². The predicted octanol–water partition coefficient (Wildman–Crippen LogP) is 2.77. The fourth-order valence-corrected chi connectivity index (χ4v) is 2.81. The molecule has 106 valence electrons. The number of aromatic nitrogens is 3. The van der Waals surface area contributed by atoms with Crippen LogP contribution in [-0.2, 0) is 0 Å². The fourth-order valence-electron chi connectivity index (χ4n) is 2.81. The molecule has 1 saturated carbocycles. The molecule has 20 heavy (non-hydrogen) atoms. The first-order valence-electron chi connectivity index (χ1n) is 7.37. The molecule has 2 unspecified atom stereocenters. The molecule has 0 aromatic carbocycles. The molecule has 0 spiro atoms. The van der Waals surface area contributed by atoms with Crippen LogP contribution < -0.4 is 5.32 Å². The SMILES string of the molecule is CCCNC1CCCC1c1nc(-c2ccccn2)no1. The molecule has 0 aliphatic heterocycles. The Bertz CT molecular complexity index is 540. The average Bonchev–Trinajstić information content (AvgIpc) is 3.14. The highest BCUT2D eigenvalue weighted by molar-refractivity contribution is 5.47. The zero-order valence-corrected chi connectivity index (χ0v) is 11.7. The second kappa shape index (κ2) is 6.13. The maximum absolute atomic E-state index is 5.47. The van der Waals surface area contributed by atoms with Crippen molar-refractivity contribution >= 4 is 0 Å². The van der Waals surface area contributed by atoms with Gasteiger partial charge in [-0.25, -0.2) is 0 Å². The second-order valence-corrected chi connectivity index (χ2v) is 5.27. The minimum atomic E-state index is 0.339. The Balaban J connectivity index is 1.76. The predicted molar refractivity (Wildman–Crippen MR) is 76.2 cm³/mol. The van der Waals surface area contributed by atoms with Gasteiger partial charge in [-0.2, -0.15) is 4.98 Å². The van der Waals surface area contributed by atoms with Gasteiger partial charge in [-0.3, -0.25) is 4.98 Å². The van der Waals surface area contributed by atoms with Gasteiger partial charge in [0.05, 0.1) is 5.92 Å². The quantitative estimate of drug-likeness (QED) is 0.906. The Labute approximate surface area is 118 Å². The van der Waals surface area contributed by atoms with E-state index in [1.807, 2.05) is 18.2 Å². The summed E-state index contributed by atoms with van der Waals surface area (Å²) in [6.45, 7) is 3.23. The third-order valence-electron chi connectivity index (χ3n) is 3.83. The van der Waals surface area contributed by atoms with Crippen molar-refractivity contribution < 1.29 is 4.52 Å². The molecule has 2 heterocycles. The van der Waals surface area contributed by atoms with E-state index in [-0.39, 0.29) is 0 Å². The van der Waals surface area contributed by atoms with E-state index in [0.29, 0.717) is 17.8 Å². The lowest BCUT2D eigenvalue weighted by Crippen LogP contribution is -2.31. The molecular formula is C15H20N4O. The van der Waals surface area contributed by atoms with Crippen LogP contribution >= 0.6 is 0 Å². The molecular weight excluding hydrogens is 252 g/mol. The van der Waals surface area contributed by atoms with Crippen LogP contribution in [-0.4, -0.2) is 27.7 Å². The van der Waals surface area contributed by atoms with Gasteiger partial charge in [-0.1, -0.05) is 24.6 Å². The summed E-state index contributed by atoms with van der Waals surface area (Å²) in [7, 11) is 0. The molecule has 2 aromatic rings. The van der Waals surface area contributed by atoms with Gasteiger partial charge in [0.15, 0.2) is 0 Å². The van der Waals surface area contributed by atoms with Crippen molar-refractivity contribution in [3.8, 4) is 11.5 Å². The van der Waals surface area contributed by atoms with E-state index < -0.39 is 0 Å². The molecule has 1 aliphatic rings. The first-order chi connectivity index (χ1) is 9.88. The van der Waals surface area contributed by atoms with Gasteiger partial charge in [0.2, 0.25) is 11.7 Å². The molecule has 1 aliphatic carbocycles. The van der Waals surface area contributed by atoms with Gasteiger partial charge >= 0.3 is 0 Å². The summed E-state index contributed by atoms with van der Waals surface area (Å²) in [5.41, 5.74) is 0.763. The zero-order chi connectivity index (χ0) is 13.8. The van der Waals surface area contributed by atoms with Gasteiger partial charge in [0, 0.05) is 12.2 Å². The van der Waals surface area contributed by atoms with E-state index in [1.54, 1.807) is 6.20 Å². The molecule has 5 nitrogen and oxygen atoms in total. The van der Waals surface area contributed by atoms with Crippen molar-refractivity contribution in [1.82, 2.24) is 20.4 Å². The fraction of sp³-hybridized carbons (Fsp3) is 0.533. The number of hydrogen-bond donors (Lipinski definition) is 1. The molecule has 0 amide bonds. The zero-order valence-electron chi connectivity index (χ0n) is 11.7. The highest BCUT2D eigenvalue weighted by Crippen LogP contribution is 2.34. The second-order valence-electron chi connectivity index (χ2n) is 5.27. The van der Waals surface area contributed by atoms with Crippen LogP contribution in [0.1, 0.15) is 44.4 Å². The minimum Gasteiger partial charge on any atom is -0.339 e. The highest BCUT2D eigenvalue weighted by atomic mass is 16.5. The van der Waals surface area contributed by atoms with Crippen LogP contribution in [0.2, 0.25) is 0 Å². The maximum Gasteiger partial charge on any atom is 0.231 e. The van der Waals surface area contributed by atoms with Gasteiger partial charge in [-0.05, 0) is 37.9 Å². The van der Waals surface area contributed by atoms with Gasteiger partial charge < -0.3 is 9.84 Å². The lowest BCUT2D eigenvalue weighted by Gasteiger charge is -2.17. The lowest BCUT2D eigenvalue weighted by molar-refractivity contribution is 0.330. The smallest absolute Gasteiger partial charge is 0.231 e. The minimum absolute atomic E-state index is 0.339. The van der Waals surface area contributed by atoms with Crippen molar-refractivity contribution in [2.45, 2.75) is 44.6 Å². The monoisotopic (exact) mass is 272 g/mol. The lowest BCUT2D eigenvalue weighted by atomic mass is 10.0. The molecule has 2 atom stereocenters. The first-order valence-corrected chi connectivity index (χ1v) is 7.37. The molecule has 1 N–H and O–H groups in total. The van der Waals surface area contributed by atoms with Crippen LogP contribution in [0.15, 0.2) is 28.9 Å². The Kier molecular flexibility index (Phi) is 4.06. The van der Waals surface area contributed by atoms with Crippen molar-refractivity contribution in [3.63, 3.8) is 0 Å². The molecule has 2 aromatic heterocycles. The molecule has 5 heteroatoms. The van der Waals surface area contributed by atoms with E-state index in [2.05, 4.69) is 27.4 Å². The van der Waals surface area contributed by atoms with E-state index >= 15 is 0 Å². The van der Waals surface area contributed by atoms with E-state index in [1.165, 1.54) is 12.8 Å².